The Kier molecular flexibility index (Phi) is 4.57. The highest BCUT2D eigenvalue weighted by Gasteiger charge is 2.32. The summed E-state index contributed by atoms with van der Waals surface area (Å²) in [6.07, 6.45) is 0.137. The van der Waals surface area contributed by atoms with E-state index in [1.807, 2.05) is 20.2 Å². The van der Waals surface area contributed by atoms with E-state index in [4.69, 9.17) is 0 Å². The number of aryl methyl sites for hydroxylation is 2. The zero-order valence-corrected chi connectivity index (χ0v) is 11.9. The van der Waals surface area contributed by atoms with Crippen molar-refractivity contribution >= 4 is 5.69 Å². The van der Waals surface area contributed by atoms with Gasteiger partial charge in [-0.3, -0.25) is 9.58 Å². The predicted molar refractivity (Wildman–Crippen MR) is 71.7 cm³/mol. The molecular weight excluding hydrogens is 269 g/mol. The summed E-state index contributed by atoms with van der Waals surface area (Å²) in [5.74, 6) is 0. The summed E-state index contributed by atoms with van der Waals surface area (Å²) in [6, 6.07) is 0.231. The number of halogens is 3. The van der Waals surface area contributed by atoms with Gasteiger partial charge in [-0.25, -0.2) is 0 Å². The van der Waals surface area contributed by atoms with Crippen LogP contribution in [0.15, 0.2) is 6.20 Å². The maximum atomic E-state index is 12.3. The highest BCUT2D eigenvalue weighted by Crippen LogP contribution is 2.22. The van der Waals surface area contributed by atoms with Gasteiger partial charge < -0.3 is 5.32 Å². The third kappa shape index (κ3) is 4.13. The normalized spacial score (nSPS) is 18.4. The fourth-order valence-electron chi connectivity index (χ4n) is 2.63. The standard InChI is InChI=1S/C13H21F3N4/c1-3-11-12(8-19(2)18-11)17-10-4-6-20(7-5-10)9-13(14,15)16/h8,10,17H,3-7,9H2,1-2H3. The van der Waals surface area contributed by atoms with Gasteiger partial charge in [-0.15, -0.1) is 0 Å². The van der Waals surface area contributed by atoms with Crippen LogP contribution in [0.2, 0.25) is 0 Å². The SMILES string of the molecule is CCc1nn(C)cc1NC1CCN(CC(F)(F)F)CC1. The van der Waals surface area contributed by atoms with Crippen LogP contribution in [0, 0.1) is 0 Å². The van der Waals surface area contributed by atoms with Crippen molar-refractivity contribution in [3.05, 3.63) is 11.9 Å². The molecule has 0 unspecified atom stereocenters. The minimum Gasteiger partial charge on any atom is -0.379 e. The van der Waals surface area contributed by atoms with Crippen LogP contribution in [-0.4, -0.2) is 46.5 Å². The van der Waals surface area contributed by atoms with E-state index in [-0.39, 0.29) is 6.04 Å². The molecule has 0 amide bonds. The maximum absolute atomic E-state index is 12.3. The molecule has 1 saturated heterocycles. The van der Waals surface area contributed by atoms with E-state index < -0.39 is 12.7 Å². The van der Waals surface area contributed by atoms with E-state index in [0.717, 1.165) is 30.6 Å². The molecule has 0 atom stereocenters. The fourth-order valence-corrected chi connectivity index (χ4v) is 2.63. The molecular formula is C13H21F3N4. The lowest BCUT2D eigenvalue weighted by Gasteiger charge is -2.33. The van der Waals surface area contributed by atoms with E-state index in [1.54, 1.807) is 4.68 Å². The Bertz CT molecular complexity index is 433. The second-order valence-electron chi connectivity index (χ2n) is 5.33. The highest BCUT2D eigenvalue weighted by molar-refractivity contribution is 5.47. The minimum absolute atomic E-state index is 0.231. The summed E-state index contributed by atoms with van der Waals surface area (Å²) in [4.78, 5) is 1.47. The number of aromatic nitrogens is 2. The van der Waals surface area contributed by atoms with Gasteiger partial charge in [-0.1, -0.05) is 6.92 Å². The van der Waals surface area contributed by atoms with Crippen LogP contribution in [0.3, 0.4) is 0 Å². The van der Waals surface area contributed by atoms with E-state index >= 15 is 0 Å². The topological polar surface area (TPSA) is 33.1 Å². The largest absolute Gasteiger partial charge is 0.401 e. The average molecular weight is 290 g/mol. The van der Waals surface area contributed by atoms with Crippen molar-refractivity contribution in [1.29, 1.82) is 0 Å². The molecule has 7 heteroatoms. The summed E-state index contributed by atoms with van der Waals surface area (Å²) >= 11 is 0. The van der Waals surface area contributed by atoms with Gasteiger partial charge in [0.15, 0.2) is 0 Å². The van der Waals surface area contributed by atoms with Crippen molar-refractivity contribution < 1.29 is 13.2 Å². The second-order valence-corrected chi connectivity index (χ2v) is 5.33. The first-order valence-electron chi connectivity index (χ1n) is 6.95. The molecule has 2 heterocycles. The summed E-state index contributed by atoms with van der Waals surface area (Å²) in [5.41, 5.74) is 2.01. The van der Waals surface area contributed by atoms with Crippen LogP contribution in [0.5, 0.6) is 0 Å². The first-order valence-corrected chi connectivity index (χ1v) is 6.95. The molecule has 1 fully saturated rings. The lowest BCUT2D eigenvalue weighted by molar-refractivity contribution is -0.147. The summed E-state index contributed by atoms with van der Waals surface area (Å²) in [6.45, 7) is 2.21. The lowest BCUT2D eigenvalue weighted by Crippen LogP contribution is -2.43. The Morgan fingerprint density at radius 1 is 1.35 bits per heavy atom. The molecule has 2 rings (SSSR count). The van der Waals surface area contributed by atoms with E-state index in [1.165, 1.54) is 4.90 Å². The number of hydrogen-bond acceptors (Lipinski definition) is 3. The summed E-state index contributed by atoms with van der Waals surface area (Å²) in [7, 11) is 1.87. The van der Waals surface area contributed by atoms with Gasteiger partial charge in [-0.2, -0.15) is 18.3 Å². The third-order valence-electron chi connectivity index (χ3n) is 3.59. The van der Waals surface area contributed by atoms with E-state index in [9.17, 15) is 13.2 Å². The zero-order valence-electron chi connectivity index (χ0n) is 11.9. The monoisotopic (exact) mass is 290 g/mol. The molecule has 20 heavy (non-hydrogen) atoms. The Morgan fingerprint density at radius 2 is 2.00 bits per heavy atom. The predicted octanol–water partition coefficient (Wildman–Crippen LogP) is 2.42. The summed E-state index contributed by atoms with van der Waals surface area (Å²) in [5, 5.41) is 7.77. The van der Waals surface area contributed by atoms with E-state index in [0.29, 0.717) is 13.1 Å². The molecule has 0 saturated carbocycles. The molecule has 1 aliphatic heterocycles. The van der Waals surface area contributed by atoms with Crippen molar-refractivity contribution in [2.75, 3.05) is 25.0 Å². The van der Waals surface area contributed by atoms with Crippen LogP contribution in [0.25, 0.3) is 0 Å². The van der Waals surface area contributed by atoms with Crippen molar-refractivity contribution in [1.82, 2.24) is 14.7 Å². The van der Waals surface area contributed by atoms with Gasteiger partial charge in [0, 0.05) is 32.4 Å². The smallest absolute Gasteiger partial charge is 0.379 e. The fraction of sp³-hybridized carbons (Fsp3) is 0.769. The minimum atomic E-state index is -4.10. The van der Waals surface area contributed by atoms with Crippen molar-refractivity contribution in [2.24, 2.45) is 7.05 Å². The lowest BCUT2D eigenvalue weighted by atomic mass is 10.0. The maximum Gasteiger partial charge on any atom is 0.401 e. The molecule has 1 N–H and O–H groups in total. The summed E-state index contributed by atoms with van der Waals surface area (Å²) < 4.78 is 38.7. The van der Waals surface area contributed by atoms with Crippen molar-refractivity contribution in [3.63, 3.8) is 0 Å². The van der Waals surface area contributed by atoms with Crippen molar-refractivity contribution in [3.8, 4) is 0 Å². The number of alkyl halides is 3. The molecule has 4 nitrogen and oxygen atoms in total. The van der Waals surface area contributed by atoms with Crippen molar-refractivity contribution in [2.45, 2.75) is 38.4 Å². The molecule has 0 aromatic carbocycles. The Hall–Kier alpha value is -1.24. The van der Waals surface area contributed by atoms with Gasteiger partial charge in [0.1, 0.15) is 0 Å². The number of nitrogens with one attached hydrogen (secondary N) is 1. The number of nitrogens with zero attached hydrogens (tertiary/aromatic N) is 3. The quantitative estimate of drug-likeness (QED) is 0.924. The number of hydrogen-bond donors (Lipinski definition) is 1. The Balaban J connectivity index is 1.85. The van der Waals surface area contributed by atoms with Gasteiger partial charge in [0.2, 0.25) is 0 Å². The number of likely N-dealkylation sites (tertiary alicyclic amines) is 1. The Morgan fingerprint density at radius 3 is 2.55 bits per heavy atom. The number of rotatable bonds is 4. The van der Waals surface area contributed by atoms with Crippen LogP contribution >= 0.6 is 0 Å². The van der Waals surface area contributed by atoms with Gasteiger partial charge in [0.05, 0.1) is 17.9 Å². The van der Waals surface area contributed by atoms with Gasteiger partial charge >= 0.3 is 6.18 Å². The molecule has 114 valence electrons. The molecule has 0 bridgehead atoms. The molecule has 0 radical (unpaired) electrons. The first-order chi connectivity index (χ1) is 9.37. The van der Waals surface area contributed by atoms with Crippen LogP contribution in [-0.2, 0) is 13.5 Å². The number of anilines is 1. The molecule has 1 aromatic heterocycles. The molecule has 0 aliphatic carbocycles. The average Bonchev–Trinajstić information content (AvgIpc) is 2.70. The first kappa shape index (κ1) is 15.2. The Labute approximate surface area is 116 Å². The molecule has 1 aliphatic rings. The van der Waals surface area contributed by atoms with Gasteiger partial charge in [0.25, 0.3) is 0 Å². The number of piperidine rings is 1. The highest BCUT2D eigenvalue weighted by atomic mass is 19.4. The molecule has 0 spiro atoms. The van der Waals surface area contributed by atoms with Gasteiger partial charge in [-0.05, 0) is 19.3 Å². The van der Waals surface area contributed by atoms with Crippen LogP contribution in [0.4, 0.5) is 18.9 Å². The van der Waals surface area contributed by atoms with Crippen LogP contribution < -0.4 is 5.32 Å². The van der Waals surface area contributed by atoms with E-state index in [2.05, 4.69) is 10.4 Å². The van der Waals surface area contributed by atoms with Crippen LogP contribution in [0.1, 0.15) is 25.5 Å². The third-order valence-corrected chi connectivity index (χ3v) is 3.59. The second kappa shape index (κ2) is 6.03. The molecule has 1 aromatic rings. The zero-order chi connectivity index (χ0) is 14.8.